The van der Waals surface area contributed by atoms with Crippen LogP contribution in [0.4, 0.5) is 0 Å². The largest absolute Gasteiger partial charge is 0.326 e. The highest BCUT2D eigenvalue weighted by atomic mass is 16.1. The van der Waals surface area contributed by atoms with Crippen molar-refractivity contribution >= 4 is 0 Å². The first-order valence-electron chi connectivity index (χ1n) is 13.8. The number of H-pyrrole nitrogens is 2. The highest BCUT2D eigenvalue weighted by molar-refractivity contribution is 5.51. The summed E-state index contributed by atoms with van der Waals surface area (Å²) in [6.07, 6.45) is 11.1. The molecule has 37 heavy (non-hydrogen) atoms. The van der Waals surface area contributed by atoms with E-state index in [4.69, 9.17) is 5.73 Å². The molecule has 2 aromatic rings. The van der Waals surface area contributed by atoms with Crippen molar-refractivity contribution in [1.82, 2.24) is 15.3 Å². The highest BCUT2D eigenvalue weighted by Gasteiger charge is 2.56. The summed E-state index contributed by atoms with van der Waals surface area (Å²) in [5.41, 5.74) is 15.6. The Kier molecular flexibility index (Phi) is 4.87. The Morgan fingerprint density at radius 2 is 1.78 bits per heavy atom. The van der Waals surface area contributed by atoms with Crippen LogP contribution >= 0.6 is 0 Å². The summed E-state index contributed by atoms with van der Waals surface area (Å²) in [4.78, 5) is 32.4. The van der Waals surface area contributed by atoms with Crippen LogP contribution in [0.1, 0.15) is 74.0 Å². The van der Waals surface area contributed by atoms with E-state index in [0.717, 1.165) is 61.2 Å². The Labute approximate surface area is 217 Å². The number of aromatic amines is 2. The van der Waals surface area contributed by atoms with Gasteiger partial charge in [0.15, 0.2) is 0 Å². The highest BCUT2D eigenvalue weighted by Crippen LogP contribution is 2.57. The van der Waals surface area contributed by atoms with Crippen LogP contribution in [0.5, 0.6) is 0 Å². The molecule has 1 saturated heterocycles. The lowest BCUT2D eigenvalue weighted by molar-refractivity contribution is 0.0662. The molecule has 0 aromatic carbocycles. The average molecular weight is 497 g/mol. The van der Waals surface area contributed by atoms with Crippen molar-refractivity contribution in [3.63, 3.8) is 0 Å². The van der Waals surface area contributed by atoms with Crippen LogP contribution in [0, 0.1) is 17.8 Å². The smallest absolute Gasteiger partial charge is 0.251 e. The fourth-order valence-corrected chi connectivity index (χ4v) is 9.04. The molecule has 0 spiro atoms. The van der Waals surface area contributed by atoms with Crippen molar-refractivity contribution in [2.75, 3.05) is 6.54 Å². The van der Waals surface area contributed by atoms with Gasteiger partial charge < -0.3 is 21.0 Å². The monoisotopic (exact) mass is 496 g/mol. The summed E-state index contributed by atoms with van der Waals surface area (Å²) >= 11 is 0. The number of fused-ring (bicyclic) bond motifs is 5. The van der Waals surface area contributed by atoms with Crippen molar-refractivity contribution in [2.24, 2.45) is 23.5 Å². The summed E-state index contributed by atoms with van der Waals surface area (Å²) in [5.74, 6) is 0.862. The van der Waals surface area contributed by atoms with Gasteiger partial charge in [-0.15, -0.1) is 0 Å². The molecule has 5 N–H and O–H groups in total. The number of nitrogens with one attached hydrogen (secondary N) is 3. The third-order valence-corrected chi connectivity index (χ3v) is 10.1. The van der Waals surface area contributed by atoms with E-state index in [1.165, 1.54) is 22.3 Å². The molecule has 6 atom stereocenters. The molecular weight excluding hydrogens is 460 g/mol. The van der Waals surface area contributed by atoms with Crippen molar-refractivity contribution < 1.29 is 0 Å². The van der Waals surface area contributed by atoms with Gasteiger partial charge in [0.1, 0.15) is 0 Å². The van der Waals surface area contributed by atoms with Crippen LogP contribution in [0.3, 0.4) is 0 Å². The topological polar surface area (TPSA) is 104 Å². The minimum Gasteiger partial charge on any atom is -0.326 e. The molecular formula is C31H36N4O2. The SMILES string of the molecule is C/C=C1\[C@H]2C=C(C)C[C@]1(N)c1cc(C3CCN[C@@]45CC(C)=C[C@@H](Cc6[nH]c(=O)ccc64)[C@@H]35)c(=O)[nH]c1C2. The zero-order chi connectivity index (χ0) is 25.7. The van der Waals surface area contributed by atoms with Crippen LogP contribution in [-0.2, 0) is 23.9 Å². The van der Waals surface area contributed by atoms with Gasteiger partial charge in [0.2, 0.25) is 5.56 Å². The number of allylic oxidation sites excluding steroid dienone is 3. The molecule has 3 heterocycles. The third-order valence-electron chi connectivity index (χ3n) is 10.1. The normalized spacial score (nSPS) is 36.7. The quantitative estimate of drug-likeness (QED) is 0.451. The first kappa shape index (κ1) is 23.2. The molecule has 1 fully saturated rings. The zero-order valence-corrected chi connectivity index (χ0v) is 21.9. The van der Waals surface area contributed by atoms with Crippen molar-refractivity contribution in [2.45, 2.75) is 69.9 Å². The number of piperidine rings is 1. The number of aromatic nitrogens is 2. The number of rotatable bonds is 1. The molecule has 4 aliphatic carbocycles. The van der Waals surface area contributed by atoms with Gasteiger partial charge in [-0.25, -0.2) is 0 Å². The van der Waals surface area contributed by atoms with Crippen LogP contribution in [0.15, 0.2) is 62.7 Å². The van der Waals surface area contributed by atoms with Gasteiger partial charge in [-0.3, -0.25) is 9.59 Å². The Hall–Kier alpha value is -2.96. The first-order valence-corrected chi connectivity index (χ1v) is 13.8. The zero-order valence-electron chi connectivity index (χ0n) is 21.9. The lowest BCUT2D eigenvalue weighted by Crippen LogP contribution is -2.61. The Bertz CT molecular complexity index is 1540. The second kappa shape index (κ2) is 7.78. The molecule has 1 aliphatic heterocycles. The summed E-state index contributed by atoms with van der Waals surface area (Å²) in [6, 6.07) is 5.86. The lowest BCUT2D eigenvalue weighted by atomic mass is 9.53. The minimum atomic E-state index is -0.569. The maximum Gasteiger partial charge on any atom is 0.251 e. The van der Waals surface area contributed by atoms with Crippen molar-refractivity contribution in [3.8, 4) is 0 Å². The summed E-state index contributed by atoms with van der Waals surface area (Å²) in [5, 5.41) is 3.90. The Balaban J connectivity index is 1.40. The maximum absolute atomic E-state index is 13.8. The first-order chi connectivity index (χ1) is 17.7. The van der Waals surface area contributed by atoms with Crippen LogP contribution in [-0.4, -0.2) is 16.5 Å². The molecule has 0 amide bonds. The van der Waals surface area contributed by atoms with Gasteiger partial charge >= 0.3 is 0 Å². The molecule has 2 aromatic heterocycles. The molecule has 6 heteroatoms. The van der Waals surface area contributed by atoms with E-state index in [2.05, 4.69) is 60.4 Å². The van der Waals surface area contributed by atoms with E-state index in [-0.39, 0.29) is 40.3 Å². The molecule has 0 radical (unpaired) electrons. The summed E-state index contributed by atoms with van der Waals surface area (Å²) < 4.78 is 0. The van der Waals surface area contributed by atoms with E-state index in [1.54, 1.807) is 6.07 Å². The molecule has 192 valence electrons. The lowest BCUT2D eigenvalue weighted by Gasteiger charge is -2.57. The van der Waals surface area contributed by atoms with E-state index in [1.807, 2.05) is 6.07 Å². The molecule has 0 saturated carbocycles. The number of hydrogen-bond donors (Lipinski definition) is 4. The van der Waals surface area contributed by atoms with Gasteiger partial charge in [-0.1, -0.05) is 29.4 Å². The molecule has 1 unspecified atom stereocenters. The van der Waals surface area contributed by atoms with Crippen LogP contribution in [0.25, 0.3) is 0 Å². The van der Waals surface area contributed by atoms with Crippen molar-refractivity contribution in [1.29, 1.82) is 0 Å². The molecule has 6 nitrogen and oxygen atoms in total. The minimum absolute atomic E-state index is 0.0399. The Morgan fingerprint density at radius 3 is 2.59 bits per heavy atom. The van der Waals surface area contributed by atoms with Gasteiger partial charge in [-0.05, 0) is 106 Å². The fourth-order valence-electron chi connectivity index (χ4n) is 9.04. The summed E-state index contributed by atoms with van der Waals surface area (Å²) in [6.45, 7) is 7.31. The van der Waals surface area contributed by atoms with E-state index in [0.29, 0.717) is 0 Å². The number of hydrogen-bond acceptors (Lipinski definition) is 4. The number of nitrogens with two attached hydrogens (primary N) is 1. The van der Waals surface area contributed by atoms with Gasteiger partial charge in [0, 0.05) is 28.9 Å². The number of pyridine rings is 2. The third kappa shape index (κ3) is 3.12. The average Bonchev–Trinajstić information content (AvgIpc) is 2.82. The fraction of sp³-hybridized carbons (Fsp3) is 0.484. The van der Waals surface area contributed by atoms with Crippen molar-refractivity contribution in [3.05, 3.63) is 102 Å². The molecule has 5 aliphatic rings. The maximum atomic E-state index is 13.8. The standard InChI is InChI=1S/C31H36N4O2/c1-4-22-18-9-16(2)14-30(22,32)24-13-21(29(37)35-26(24)11-18)20-7-8-33-31-15-17(3)10-19(28(20)31)12-25-23(31)5-6-27(36)34-25/h4-6,9-10,13,18-20,28,33H,7-8,11-12,14-15,32H2,1-3H3,(H,34,36)(H,35,37)/b22-4+/t18-,19-,20?,28-,30+,31-/m0/s1. The second-order valence-electron chi connectivity index (χ2n) is 12.3. The predicted molar refractivity (Wildman–Crippen MR) is 145 cm³/mol. The Morgan fingerprint density at radius 1 is 1.00 bits per heavy atom. The molecule has 4 bridgehead atoms. The summed E-state index contributed by atoms with van der Waals surface area (Å²) in [7, 11) is 0. The predicted octanol–water partition coefficient (Wildman–Crippen LogP) is 3.80. The van der Waals surface area contributed by atoms with E-state index < -0.39 is 5.54 Å². The van der Waals surface area contributed by atoms with Gasteiger partial charge in [-0.2, -0.15) is 0 Å². The van der Waals surface area contributed by atoms with E-state index >= 15 is 0 Å². The van der Waals surface area contributed by atoms with Crippen LogP contribution in [0.2, 0.25) is 0 Å². The van der Waals surface area contributed by atoms with E-state index in [9.17, 15) is 9.59 Å². The van der Waals surface area contributed by atoms with Gasteiger partial charge in [0.05, 0.1) is 11.1 Å². The van der Waals surface area contributed by atoms with Gasteiger partial charge in [0.25, 0.3) is 5.56 Å². The second-order valence-corrected chi connectivity index (χ2v) is 12.3. The van der Waals surface area contributed by atoms with Crippen LogP contribution < -0.4 is 22.2 Å². The molecule has 7 rings (SSSR count).